The quantitative estimate of drug-likeness (QED) is 0.224. The van der Waals surface area contributed by atoms with Gasteiger partial charge in [0, 0.05) is 48.4 Å². The van der Waals surface area contributed by atoms with E-state index in [0.29, 0.717) is 15.5 Å². The minimum atomic E-state index is -2.83. The highest BCUT2D eigenvalue weighted by Crippen LogP contribution is 2.50. The molecule has 10 heteroatoms. The molecule has 2 aliphatic heterocycles. The second-order valence-corrected chi connectivity index (χ2v) is 59.1. The van der Waals surface area contributed by atoms with Crippen LogP contribution in [-0.2, 0) is 4.53 Å². The Morgan fingerprint density at radius 1 is 0.625 bits per heavy atom. The summed E-state index contributed by atoms with van der Waals surface area (Å²) in [7, 11) is -12.7. The molecule has 0 bridgehead atoms. The van der Waals surface area contributed by atoms with E-state index >= 15 is 0 Å². The Balaban J connectivity index is 2.35. The molecule has 0 amide bonds. The Kier molecular flexibility index (Phi) is 11.1. The number of nitrogens with zero attached hydrogens (tertiary/aromatic N) is 1. The molecule has 0 aromatic heterocycles. The van der Waals surface area contributed by atoms with Gasteiger partial charge in [-0.2, -0.15) is 0 Å². The number of oxime groups is 1. The second kappa shape index (κ2) is 13.2. The first-order chi connectivity index (χ1) is 21.6. The Hall–Kier alpha value is -0.482. The molecule has 0 radical (unpaired) electrons. The fourth-order valence-electron chi connectivity index (χ4n) is 11.0. The molecule has 0 aliphatic carbocycles. The highest BCUT2D eigenvalue weighted by atomic mass is 32.2. The third-order valence-corrected chi connectivity index (χ3v) is 43.4. The van der Waals surface area contributed by atoms with Crippen LogP contribution in [-0.4, -0.2) is 68.1 Å². The third kappa shape index (κ3) is 7.66. The van der Waals surface area contributed by atoms with Gasteiger partial charge in [0.05, 0.1) is 5.54 Å². The fourth-order valence-corrected chi connectivity index (χ4v) is 55.2. The fraction of sp³-hybridized carbons (Fsp3) is 0.605. The summed E-state index contributed by atoms with van der Waals surface area (Å²) >= 11 is 1.81. The van der Waals surface area contributed by atoms with Crippen molar-refractivity contribution in [2.75, 3.05) is 6.26 Å². The summed E-state index contributed by atoms with van der Waals surface area (Å²) in [5.74, 6) is 0. The predicted molar refractivity (Wildman–Crippen MR) is 240 cm³/mol. The van der Waals surface area contributed by atoms with E-state index in [0.717, 1.165) is 0 Å². The lowest BCUT2D eigenvalue weighted by molar-refractivity contribution is 0.353. The van der Waals surface area contributed by atoms with Crippen molar-refractivity contribution in [1.29, 1.82) is 0 Å². The summed E-state index contributed by atoms with van der Waals surface area (Å²) in [6.45, 7) is 47.9. The Morgan fingerprint density at radius 3 is 1.44 bits per heavy atom. The van der Waals surface area contributed by atoms with Crippen LogP contribution in [0.4, 0.5) is 0 Å². The van der Waals surface area contributed by atoms with E-state index in [-0.39, 0.29) is 5.54 Å². The van der Waals surface area contributed by atoms with Gasteiger partial charge in [-0.05, 0) is 60.5 Å². The van der Waals surface area contributed by atoms with Crippen molar-refractivity contribution in [2.45, 2.75) is 139 Å². The zero-order valence-electron chi connectivity index (χ0n) is 34.2. The maximum atomic E-state index is 7.26. The van der Waals surface area contributed by atoms with Gasteiger partial charge in [0.25, 0.3) is 0 Å². The van der Waals surface area contributed by atoms with E-state index in [1.165, 1.54) is 16.2 Å². The first-order valence-electron chi connectivity index (χ1n) is 18.3. The standard InChI is InChI=1S/C38H69NOSSi7/c1-41-35-34-30-23-21-20-22-28(30)24-25-48(34,40-39-35)33-31(37(44(8,9)10)45(11,12)13)26-29(36(42(2,3)4)43(5,6)7)27-32(33)38(46(14,15)16)47(17,18)19/h20-27,34,36-38H,1-19H3. The van der Waals surface area contributed by atoms with Crippen LogP contribution in [0.25, 0.3) is 6.08 Å². The Bertz CT molecular complexity index is 1480. The van der Waals surface area contributed by atoms with E-state index in [9.17, 15) is 0 Å². The van der Waals surface area contributed by atoms with Gasteiger partial charge >= 0.3 is 8.32 Å². The monoisotopic (exact) mass is 783 g/mol. The third-order valence-electron chi connectivity index (χ3n) is 10.8. The largest absolute Gasteiger partial charge is 0.442 e. The van der Waals surface area contributed by atoms with Crippen molar-refractivity contribution in [3.8, 4) is 0 Å². The number of thioether (sulfide) groups is 1. The number of hydrogen-bond acceptors (Lipinski definition) is 3. The predicted octanol–water partition coefficient (Wildman–Crippen LogP) is 11.9. The number of rotatable bonds is 10. The maximum Gasteiger partial charge on any atom is 0.356 e. The maximum absolute atomic E-state index is 7.26. The molecule has 4 rings (SSSR count). The SMILES string of the molecule is CSC1=NO[Si]2(c3c(C([Si](C)(C)C)[Si](C)(C)C)cc(C([Si](C)(C)C)[Si](C)(C)C)cc3C([Si](C)(C)C)[Si](C)(C)C)C=Cc3ccccc3C12. The summed E-state index contributed by atoms with van der Waals surface area (Å²) in [5.41, 5.74) is 10.7. The van der Waals surface area contributed by atoms with Gasteiger partial charge in [-0.15, -0.1) is 11.8 Å². The molecule has 266 valence electrons. The summed E-state index contributed by atoms with van der Waals surface area (Å²) in [6.07, 6.45) is 4.65. The van der Waals surface area contributed by atoms with Crippen LogP contribution in [0.5, 0.6) is 0 Å². The Morgan fingerprint density at radius 2 is 1.04 bits per heavy atom. The summed E-state index contributed by atoms with van der Waals surface area (Å²) in [5, 5.41) is 9.87. The molecule has 2 nitrogen and oxygen atoms in total. The smallest absolute Gasteiger partial charge is 0.356 e. The van der Waals surface area contributed by atoms with Crippen molar-refractivity contribution >= 4 is 84.8 Å². The minimum Gasteiger partial charge on any atom is -0.442 e. The van der Waals surface area contributed by atoms with Gasteiger partial charge in [0.2, 0.25) is 0 Å². The molecule has 0 N–H and O–H groups in total. The average molecular weight is 785 g/mol. The van der Waals surface area contributed by atoms with Crippen molar-refractivity contribution in [1.82, 2.24) is 0 Å². The van der Waals surface area contributed by atoms with Gasteiger partial charge < -0.3 is 4.53 Å². The minimum absolute atomic E-state index is 0.203. The molecule has 2 aliphatic rings. The van der Waals surface area contributed by atoms with Crippen LogP contribution in [0.3, 0.4) is 0 Å². The van der Waals surface area contributed by atoms with Gasteiger partial charge in [-0.25, -0.2) is 0 Å². The van der Waals surface area contributed by atoms with E-state index in [1.807, 2.05) is 11.8 Å². The molecular formula is C38H69NOSSi7. The average Bonchev–Trinajstić information content (AvgIpc) is 3.23. The summed E-state index contributed by atoms with van der Waals surface area (Å²) in [6, 6.07) is 14.8. The van der Waals surface area contributed by atoms with E-state index in [1.54, 1.807) is 21.9 Å². The van der Waals surface area contributed by atoms with Gasteiger partial charge in [-0.3, -0.25) is 0 Å². The van der Waals surface area contributed by atoms with Gasteiger partial charge in [0.15, 0.2) is 0 Å². The van der Waals surface area contributed by atoms with Gasteiger partial charge in [-0.1, -0.05) is 165 Å². The van der Waals surface area contributed by atoms with Crippen molar-refractivity contribution in [3.05, 3.63) is 69.9 Å². The molecule has 0 spiro atoms. The second-order valence-electron chi connectivity index (χ2n) is 21.5. The molecule has 2 aromatic carbocycles. The van der Waals surface area contributed by atoms with Crippen LogP contribution in [0, 0.1) is 0 Å². The lowest BCUT2D eigenvalue weighted by Gasteiger charge is -2.48. The zero-order valence-corrected chi connectivity index (χ0v) is 42.0. The van der Waals surface area contributed by atoms with Crippen LogP contribution in [0.1, 0.15) is 48.9 Å². The van der Waals surface area contributed by atoms with Crippen LogP contribution < -0.4 is 5.19 Å². The molecule has 48 heavy (non-hydrogen) atoms. The van der Waals surface area contributed by atoms with Crippen molar-refractivity contribution in [2.24, 2.45) is 5.16 Å². The molecule has 0 fully saturated rings. The highest BCUT2D eigenvalue weighted by molar-refractivity contribution is 8.13. The lowest BCUT2D eigenvalue weighted by Crippen LogP contribution is -2.62. The zero-order chi connectivity index (χ0) is 36.6. The first kappa shape index (κ1) is 40.3. The summed E-state index contributed by atoms with van der Waals surface area (Å²) in [4.78, 5) is 0. The van der Waals surface area contributed by atoms with E-state index < -0.39 is 56.8 Å². The number of fused-ring (bicyclic) bond motifs is 3. The van der Waals surface area contributed by atoms with E-state index in [4.69, 9.17) is 9.68 Å². The van der Waals surface area contributed by atoms with Crippen LogP contribution in [0.15, 0.2) is 47.3 Å². The topological polar surface area (TPSA) is 21.6 Å². The molecule has 2 aromatic rings. The molecule has 2 atom stereocenters. The first-order valence-corrected chi connectivity index (χ1v) is 43.1. The van der Waals surface area contributed by atoms with Crippen molar-refractivity contribution < 1.29 is 4.53 Å². The number of benzene rings is 2. The normalized spacial score (nSPS) is 20.7. The van der Waals surface area contributed by atoms with Crippen LogP contribution >= 0.6 is 11.8 Å². The highest BCUT2D eigenvalue weighted by Gasteiger charge is 2.60. The van der Waals surface area contributed by atoms with E-state index in [2.05, 4.69) is 172 Å². The number of hydrogen-bond donors (Lipinski definition) is 0. The van der Waals surface area contributed by atoms with Crippen LogP contribution in [0.2, 0.25) is 118 Å². The molecule has 0 saturated heterocycles. The molecule has 2 unspecified atom stereocenters. The molecule has 2 heterocycles. The summed E-state index contributed by atoms with van der Waals surface area (Å²) < 4.78 is 7.26. The molecular weight excluding hydrogens is 715 g/mol. The van der Waals surface area contributed by atoms with Gasteiger partial charge in [0.1, 0.15) is 5.04 Å². The lowest BCUT2D eigenvalue weighted by atomic mass is 10.0. The Labute approximate surface area is 307 Å². The molecule has 0 saturated carbocycles. The van der Waals surface area contributed by atoms with Crippen molar-refractivity contribution in [3.63, 3.8) is 0 Å².